The maximum atomic E-state index is 12.2. The Kier molecular flexibility index (Phi) is 3.81. The van der Waals surface area contributed by atoms with E-state index in [9.17, 15) is 4.79 Å². The van der Waals surface area contributed by atoms with Crippen LogP contribution in [0.3, 0.4) is 0 Å². The first-order valence-electron chi connectivity index (χ1n) is 6.27. The summed E-state index contributed by atoms with van der Waals surface area (Å²) in [4.78, 5) is 18.4. The van der Waals surface area contributed by atoms with Crippen molar-refractivity contribution in [2.45, 2.75) is 12.3 Å². The maximum Gasteiger partial charge on any atom is 0.238 e. The molecule has 1 aliphatic rings. The lowest BCUT2D eigenvalue weighted by Gasteiger charge is -2.24. The molecule has 1 fully saturated rings. The van der Waals surface area contributed by atoms with Gasteiger partial charge in [-0.2, -0.15) is 0 Å². The van der Waals surface area contributed by atoms with E-state index in [4.69, 9.17) is 0 Å². The Morgan fingerprint density at radius 1 is 1.25 bits per heavy atom. The van der Waals surface area contributed by atoms with Crippen LogP contribution in [0.1, 0.15) is 16.6 Å². The van der Waals surface area contributed by atoms with Crippen molar-refractivity contribution in [3.8, 4) is 0 Å². The highest BCUT2D eigenvalue weighted by atomic mass is 79.9. The molecule has 3 nitrogen and oxygen atoms in total. The van der Waals surface area contributed by atoms with Crippen molar-refractivity contribution in [3.05, 3.63) is 58.3 Å². The van der Waals surface area contributed by atoms with Crippen molar-refractivity contribution in [2.75, 3.05) is 10.7 Å². The molecule has 0 unspecified atom stereocenters. The molecule has 1 saturated heterocycles. The molecule has 1 amide bonds. The Labute approximate surface area is 130 Å². The summed E-state index contributed by atoms with van der Waals surface area (Å²) in [7, 11) is 0. The minimum absolute atomic E-state index is 0.0109. The van der Waals surface area contributed by atoms with Crippen molar-refractivity contribution in [3.63, 3.8) is 0 Å². The highest BCUT2D eigenvalue weighted by molar-refractivity contribution is 9.10. The molecule has 0 bridgehead atoms. The number of carbonyl (C=O) groups is 1. The van der Waals surface area contributed by atoms with Crippen LogP contribution in [0.25, 0.3) is 0 Å². The molecule has 0 saturated carbocycles. The number of halogens is 1. The fourth-order valence-corrected chi connectivity index (χ4v) is 3.60. The van der Waals surface area contributed by atoms with Crippen LogP contribution in [-0.2, 0) is 4.79 Å². The van der Waals surface area contributed by atoms with Gasteiger partial charge in [-0.25, -0.2) is 0 Å². The zero-order valence-electron chi connectivity index (χ0n) is 10.9. The summed E-state index contributed by atoms with van der Waals surface area (Å²) in [6.07, 6.45) is 1.86. The molecule has 1 aliphatic heterocycles. The van der Waals surface area contributed by atoms with Gasteiger partial charge in [0.2, 0.25) is 5.91 Å². The van der Waals surface area contributed by atoms with E-state index in [2.05, 4.69) is 20.9 Å². The number of rotatable bonds is 2. The average molecular weight is 349 g/mol. The summed E-state index contributed by atoms with van der Waals surface area (Å²) in [5, 5.41) is 0.0109. The minimum Gasteiger partial charge on any atom is -0.295 e. The van der Waals surface area contributed by atoms with Gasteiger partial charge in [-0.05, 0) is 37.3 Å². The molecule has 2 aromatic rings. The van der Waals surface area contributed by atoms with E-state index in [1.807, 2.05) is 54.4 Å². The molecule has 0 aliphatic carbocycles. The number of hydrogen-bond donors (Lipinski definition) is 0. The SMILES string of the molecule is Cc1ccc([C@@H]2SCC(=O)N2c2ccc(Br)cc2)cn1. The lowest BCUT2D eigenvalue weighted by Crippen LogP contribution is -2.27. The maximum absolute atomic E-state index is 12.2. The second-order valence-corrected chi connectivity index (χ2v) is 6.62. The number of carbonyl (C=O) groups excluding carboxylic acids is 1. The molecular weight excluding hydrogens is 336 g/mol. The van der Waals surface area contributed by atoms with Gasteiger partial charge in [0.25, 0.3) is 0 Å². The Balaban J connectivity index is 1.96. The van der Waals surface area contributed by atoms with Crippen LogP contribution in [0.5, 0.6) is 0 Å². The summed E-state index contributed by atoms with van der Waals surface area (Å²) in [6.45, 7) is 1.96. The Bertz CT molecular complexity index is 627. The van der Waals surface area contributed by atoms with Crippen LogP contribution < -0.4 is 4.90 Å². The largest absolute Gasteiger partial charge is 0.295 e. The Hall–Kier alpha value is -1.33. The monoisotopic (exact) mass is 348 g/mol. The summed E-state index contributed by atoms with van der Waals surface area (Å²) in [6, 6.07) is 11.9. The van der Waals surface area contributed by atoms with Gasteiger partial charge < -0.3 is 0 Å². The predicted octanol–water partition coefficient (Wildman–Crippen LogP) is 3.93. The molecule has 5 heteroatoms. The van der Waals surface area contributed by atoms with E-state index in [-0.39, 0.29) is 11.3 Å². The number of aromatic nitrogens is 1. The smallest absolute Gasteiger partial charge is 0.238 e. The van der Waals surface area contributed by atoms with Gasteiger partial charge in [0.15, 0.2) is 0 Å². The Morgan fingerprint density at radius 2 is 2.00 bits per heavy atom. The van der Waals surface area contributed by atoms with Gasteiger partial charge in [-0.3, -0.25) is 14.7 Å². The molecular formula is C15H13BrN2OS. The lowest BCUT2D eigenvalue weighted by molar-refractivity contribution is -0.115. The predicted molar refractivity (Wildman–Crippen MR) is 85.8 cm³/mol. The number of pyridine rings is 1. The number of anilines is 1. The molecule has 0 spiro atoms. The van der Waals surface area contributed by atoms with Crippen LogP contribution in [-0.4, -0.2) is 16.6 Å². The Morgan fingerprint density at radius 3 is 2.65 bits per heavy atom. The van der Waals surface area contributed by atoms with Crippen molar-refractivity contribution in [1.29, 1.82) is 0 Å². The van der Waals surface area contributed by atoms with Crippen molar-refractivity contribution >= 4 is 39.3 Å². The number of hydrogen-bond acceptors (Lipinski definition) is 3. The van der Waals surface area contributed by atoms with E-state index in [1.165, 1.54) is 0 Å². The first kappa shape index (κ1) is 13.6. The number of nitrogens with zero attached hydrogens (tertiary/aromatic N) is 2. The van der Waals surface area contributed by atoms with Crippen LogP contribution in [0.4, 0.5) is 5.69 Å². The fourth-order valence-electron chi connectivity index (χ4n) is 2.18. The second kappa shape index (κ2) is 5.58. The molecule has 0 N–H and O–H groups in total. The third kappa shape index (κ3) is 2.60. The number of benzene rings is 1. The third-order valence-corrected chi connectivity index (χ3v) is 4.93. The third-order valence-electron chi connectivity index (χ3n) is 3.19. The summed E-state index contributed by atoms with van der Waals surface area (Å²) in [5.74, 6) is 0.650. The minimum atomic E-state index is 0.0109. The van der Waals surface area contributed by atoms with E-state index < -0.39 is 0 Å². The van der Waals surface area contributed by atoms with Crippen LogP contribution in [0.15, 0.2) is 47.1 Å². The van der Waals surface area contributed by atoms with Crippen LogP contribution in [0, 0.1) is 6.92 Å². The quantitative estimate of drug-likeness (QED) is 0.824. The lowest BCUT2D eigenvalue weighted by atomic mass is 10.2. The second-order valence-electron chi connectivity index (χ2n) is 4.64. The molecule has 0 radical (unpaired) electrons. The van der Waals surface area contributed by atoms with E-state index >= 15 is 0 Å². The highest BCUT2D eigenvalue weighted by Crippen LogP contribution is 2.41. The molecule has 1 atom stereocenters. The fraction of sp³-hybridized carbons (Fsp3) is 0.200. The van der Waals surface area contributed by atoms with E-state index in [1.54, 1.807) is 11.8 Å². The normalized spacial score (nSPS) is 18.6. The number of amides is 1. The molecule has 1 aromatic heterocycles. The average Bonchev–Trinajstić information content (AvgIpc) is 2.83. The summed E-state index contributed by atoms with van der Waals surface area (Å²) >= 11 is 5.06. The number of aryl methyl sites for hydroxylation is 1. The van der Waals surface area contributed by atoms with Crippen molar-refractivity contribution in [2.24, 2.45) is 0 Å². The molecule has 2 heterocycles. The van der Waals surface area contributed by atoms with Crippen molar-refractivity contribution < 1.29 is 4.79 Å². The van der Waals surface area contributed by atoms with E-state index in [0.29, 0.717) is 5.75 Å². The van der Waals surface area contributed by atoms with Crippen LogP contribution >= 0.6 is 27.7 Å². The molecule has 3 rings (SSSR count). The molecule has 102 valence electrons. The van der Waals surface area contributed by atoms with Gasteiger partial charge in [0, 0.05) is 27.6 Å². The molecule has 20 heavy (non-hydrogen) atoms. The van der Waals surface area contributed by atoms with Crippen LogP contribution in [0.2, 0.25) is 0 Å². The zero-order valence-corrected chi connectivity index (χ0v) is 13.3. The van der Waals surface area contributed by atoms with Gasteiger partial charge >= 0.3 is 0 Å². The topological polar surface area (TPSA) is 33.2 Å². The zero-order chi connectivity index (χ0) is 14.1. The first-order chi connectivity index (χ1) is 9.65. The summed E-state index contributed by atoms with van der Waals surface area (Å²) < 4.78 is 1.01. The van der Waals surface area contributed by atoms with Gasteiger partial charge in [0.05, 0.1) is 5.75 Å². The van der Waals surface area contributed by atoms with Gasteiger partial charge in [-0.1, -0.05) is 22.0 Å². The van der Waals surface area contributed by atoms with Crippen molar-refractivity contribution in [1.82, 2.24) is 4.98 Å². The molecule has 1 aromatic carbocycles. The summed E-state index contributed by atoms with van der Waals surface area (Å²) in [5.41, 5.74) is 2.97. The highest BCUT2D eigenvalue weighted by Gasteiger charge is 2.34. The first-order valence-corrected chi connectivity index (χ1v) is 8.11. The van der Waals surface area contributed by atoms with Gasteiger partial charge in [0.1, 0.15) is 5.37 Å². The van der Waals surface area contributed by atoms with E-state index in [0.717, 1.165) is 21.4 Å². The standard InChI is InChI=1S/C15H13BrN2OS/c1-10-2-3-11(8-17-10)15-18(14(19)9-20-15)13-6-4-12(16)5-7-13/h2-8,15H,9H2,1H3/t15-/m0/s1. The van der Waals surface area contributed by atoms with Gasteiger partial charge in [-0.15, -0.1) is 11.8 Å². The number of thioether (sulfide) groups is 1.